The molecule has 0 aromatic heterocycles. The van der Waals surface area contributed by atoms with Gasteiger partial charge in [-0.15, -0.1) is 0 Å². The number of benzene rings is 3. The molecule has 232 valence electrons. The molecule has 1 aliphatic heterocycles. The number of rotatable bonds is 9. The first-order chi connectivity index (χ1) is 20.3. The first-order valence-corrected chi connectivity index (χ1v) is 15.6. The van der Waals surface area contributed by atoms with Crippen molar-refractivity contribution in [3.8, 4) is 0 Å². The van der Waals surface area contributed by atoms with Crippen LogP contribution in [0.25, 0.3) is 0 Å². The Morgan fingerprint density at radius 2 is 1.67 bits per heavy atom. The summed E-state index contributed by atoms with van der Waals surface area (Å²) in [6, 6.07) is 17.1. The van der Waals surface area contributed by atoms with Gasteiger partial charge in [-0.1, -0.05) is 31.2 Å². The zero-order valence-corrected chi connectivity index (χ0v) is 24.6. The number of sulfone groups is 1. The van der Waals surface area contributed by atoms with Crippen LogP contribution in [0.3, 0.4) is 0 Å². The summed E-state index contributed by atoms with van der Waals surface area (Å²) in [6.45, 7) is 3.44. The summed E-state index contributed by atoms with van der Waals surface area (Å²) in [7, 11) is -3.36. The number of ether oxygens (including phenoxy) is 1. The van der Waals surface area contributed by atoms with Gasteiger partial charge < -0.3 is 25.2 Å². The second-order valence-corrected chi connectivity index (χ2v) is 12.7. The van der Waals surface area contributed by atoms with E-state index < -0.39 is 45.9 Å². The number of anilines is 1. The molecule has 0 bridgehead atoms. The number of hydrogen-bond donors (Lipinski definition) is 3. The molecule has 43 heavy (non-hydrogen) atoms. The highest BCUT2D eigenvalue weighted by Crippen LogP contribution is 2.32. The van der Waals surface area contributed by atoms with E-state index in [1.54, 1.807) is 55.1 Å². The van der Waals surface area contributed by atoms with Gasteiger partial charge in [0.15, 0.2) is 9.84 Å². The lowest BCUT2D eigenvalue weighted by Crippen LogP contribution is -2.38. The molecule has 1 aliphatic rings. The predicted octanol–water partition coefficient (Wildman–Crippen LogP) is 4.68. The lowest BCUT2D eigenvalue weighted by molar-refractivity contribution is -0.137. The van der Waals surface area contributed by atoms with Gasteiger partial charge in [0.2, 0.25) is 0 Å². The molecule has 12 heteroatoms. The Morgan fingerprint density at radius 1 is 1.05 bits per heavy atom. The maximum Gasteiger partial charge on any atom is 0.416 e. The number of carbonyl (C=O) groups excluding carboxylic acids is 1. The van der Waals surface area contributed by atoms with Crippen LogP contribution in [-0.4, -0.2) is 62.3 Å². The first kappa shape index (κ1) is 32.5. The lowest BCUT2D eigenvalue weighted by Gasteiger charge is -2.30. The number of aliphatic hydroxyl groups is 2. The van der Waals surface area contributed by atoms with E-state index in [1.165, 1.54) is 24.3 Å². The van der Waals surface area contributed by atoms with E-state index in [1.807, 2.05) is 0 Å². The number of nitrogens with one attached hydrogen (secondary N) is 1. The molecule has 1 saturated heterocycles. The highest BCUT2D eigenvalue weighted by molar-refractivity contribution is 7.91. The molecular weight excluding hydrogens is 585 g/mol. The van der Waals surface area contributed by atoms with E-state index in [4.69, 9.17) is 4.74 Å². The third-order valence-electron chi connectivity index (χ3n) is 7.69. The van der Waals surface area contributed by atoms with Crippen LogP contribution in [0.2, 0.25) is 0 Å². The van der Waals surface area contributed by atoms with Crippen LogP contribution >= 0.6 is 0 Å². The van der Waals surface area contributed by atoms with Gasteiger partial charge in [0.1, 0.15) is 12.3 Å². The summed E-state index contributed by atoms with van der Waals surface area (Å²) in [5.74, 6) is -0.883. The fourth-order valence-electron chi connectivity index (χ4n) is 5.03. The van der Waals surface area contributed by atoms with Crippen LogP contribution in [0.4, 0.5) is 18.9 Å². The number of carbonyl (C=O) groups is 1. The maximum absolute atomic E-state index is 13.0. The van der Waals surface area contributed by atoms with Gasteiger partial charge in [0, 0.05) is 29.6 Å². The maximum atomic E-state index is 13.0. The van der Waals surface area contributed by atoms with Crippen molar-refractivity contribution in [2.75, 3.05) is 30.4 Å². The van der Waals surface area contributed by atoms with Crippen LogP contribution in [0.15, 0.2) is 77.7 Å². The van der Waals surface area contributed by atoms with Crippen molar-refractivity contribution >= 4 is 21.4 Å². The van der Waals surface area contributed by atoms with E-state index in [-0.39, 0.29) is 42.7 Å². The predicted molar refractivity (Wildman–Crippen MR) is 155 cm³/mol. The molecule has 1 amide bonds. The molecule has 0 saturated carbocycles. The van der Waals surface area contributed by atoms with E-state index in [2.05, 4.69) is 5.32 Å². The van der Waals surface area contributed by atoms with E-state index in [0.717, 1.165) is 12.1 Å². The van der Waals surface area contributed by atoms with E-state index in [9.17, 15) is 36.6 Å². The quantitative estimate of drug-likeness (QED) is 0.318. The third kappa shape index (κ3) is 7.74. The topological polar surface area (TPSA) is 116 Å². The molecule has 3 aromatic carbocycles. The Bertz CT molecular complexity index is 1480. The molecule has 4 rings (SSSR count). The Kier molecular flexibility index (Phi) is 10.2. The van der Waals surface area contributed by atoms with Crippen molar-refractivity contribution < 1.29 is 41.3 Å². The summed E-state index contributed by atoms with van der Waals surface area (Å²) in [5.41, 5.74) is 1.43. The first-order valence-electron chi connectivity index (χ1n) is 13.9. The van der Waals surface area contributed by atoms with Crippen molar-refractivity contribution in [2.45, 2.75) is 55.6 Å². The zero-order chi connectivity index (χ0) is 31.4. The highest BCUT2D eigenvalue weighted by Gasteiger charge is 2.31. The van der Waals surface area contributed by atoms with Gasteiger partial charge in [0.25, 0.3) is 5.91 Å². The molecule has 3 unspecified atom stereocenters. The molecule has 1 fully saturated rings. The van der Waals surface area contributed by atoms with Gasteiger partial charge in [-0.3, -0.25) is 4.79 Å². The van der Waals surface area contributed by atoms with E-state index >= 15 is 0 Å². The van der Waals surface area contributed by atoms with Crippen molar-refractivity contribution in [3.63, 3.8) is 0 Å². The number of halogens is 3. The highest BCUT2D eigenvalue weighted by atomic mass is 32.2. The van der Waals surface area contributed by atoms with Crippen LogP contribution in [0.5, 0.6) is 0 Å². The molecule has 8 nitrogen and oxygen atoms in total. The second kappa shape index (κ2) is 13.5. The summed E-state index contributed by atoms with van der Waals surface area (Å²) < 4.78 is 69.0. The van der Waals surface area contributed by atoms with Crippen LogP contribution in [0.1, 0.15) is 59.3 Å². The normalized spacial score (nSPS) is 19.4. The minimum Gasteiger partial charge on any atom is -0.396 e. The Morgan fingerprint density at radius 3 is 2.23 bits per heavy atom. The Hall–Kier alpha value is -3.45. The average molecular weight is 621 g/mol. The fraction of sp³-hybridized carbons (Fsp3) is 0.387. The minimum absolute atomic E-state index is 0.0226. The molecule has 0 radical (unpaired) electrons. The zero-order valence-electron chi connectivity index (χ0n) is 23.8. The van der Waals surface area contributed by atoms with Crippen LogP contribution in [0, 0.1) is 0 Å². The van der Waals surface area contributed by atoms with Crippen molar-refractivity contribution in [1.82, 2.24) is 5.32 Å². The minimum atomic E-state index is -4.44. The summed E-state index contributed by atoms with van der Waals surface area (Å²) in [4.78, 5) is 14.9. The van der Waals surface area contributed by atoms with Crippen molar-refractivity contribution in [1.29, 1.82) is 0 Å². The smallest absolute Gasteiger partial charge is 0.396 e. The second-order valence-electron chi connectivity index (χ2n) is 10.5. The molecule has 0 spiro atoms. The lowest BCUT2D eigenvalue weighted by atomic mass is 9.93. The molecule has 0 aliphatic carbocycles. The van der Waals surface area contributed by atoms with Gasteiger partial charge >= 0.3 is 6.18 Å². The largest absolute Gasteiger partial charge is 0.416 e. The SMILES string of the molecule is CCS(=O)(=O)c1ccc([C@H](CO)C(C)NC(=O)c2ccc(N3CC(c4ccc(C(F)(F)F)cc4)OCCC3O)cc2)cc1. The number of alkyl halides is 3. The number of amides is 1. The molecule has 1 heterocycles. The summed E-state index contributed by atoms with van der Waals surface area (Å²) >= 11 is 0. The fourth-order valence-corrected chi connectivity index (χ4v) is 5.91. The number of hydrogen-bond acceptors (Lipinski definition) is 7. The van der Waals surface area contributed by atoms with E-state index in [0.29, 0.717) is 22.4 Å². The van der Waals surface area contributed by atoms with Crippen LogP contribution < -0.4 is 10.2 Å². The summed E-state index contributed by atoms with van der Waals surface area (Å²) in [5, 5.41) is 23.7. The van der Waals surface area contributed by atoms with Crippen molar-refractivity contribution in [3.05, 3.63) is 95.1 Å². The van der Waals surface area contributed by atoms with Gasteiger partial charge in [-0.25, -0.2) is 8.42 Å². The third-order valence-corrected chi connectivity index (χ3v) is 9.45. The molecule has 3 aromatic rings. The van der Waals surface area contributed by atoms with Gasteiger partial charge in [0.05, 0.1) is 36.0 Å². The van der Waals surface area contributed by atoms with Crippen molar-refractivity contribution in [2.24, 2.45) is 0 Å². The molecule has 4 atom stereocenters. The Balaban J connectivity index is 1.44. The van der Waals surface area contributed by atoms with Crippen LogP contribution in [-0.2, 0) is 20.8 Å². The average Bonchev–Trinajstić information content (AvgIpc) is 3.19. The standard InChI is InChI=1S/C31H35F3N2O6S/c1-3-43(40,41)26-14-8-21(9-15-26)27(19-37)20(2)35-30(39)23-6-12-25(13-7-23)36-18-28(42-17-16-29(36)38)22-4-10-24(11-5-22)31(32,33)34/h4-15,20,27-29,37-38H,3,16-19H2,1-2H3,(H,35,39)/t20?,27-,28?,29?/m1/s1. The number of aliphatic hydroxyl groups excluding tert-OH is 2. The number of nitrogens with zero attached hydrogens (tertiary/aromatic N) is 1. The van der Waals surface area contributed by atoms with Gasteiger partial charge in [-0.2, -0.15) is 13.2 Å². The molecule has 3 N–H and O–H groups in total. The molecular formula is C31H35F3N2O6S. The van der Waals surface area contributed by atoms with Gasteiger partial charge in [-0.05, 0) is 66.6 Å². The summed E-state index contributed by atoms with van der Waals surface area (Å²) in [6.07, 6.45) is -5.63. The Labute approximate surface area is 249 Å². The monoisotopic (exact) mass is 620 g/mol.